The lowest BCUT2D eigenvalue weighted by atomic mass is 10.2. The van der Waals surface area contributed by atoms with Crippen LogP contribution >= 0.6 is 11.8 Å². The lowest BCUT2D eigenvalue weighted by molar-refractivity contribution is 0.0656. The molecule has 20 heavy (non-hydrogen) atoms. The van der Waals surface area contributed by atoms with Crippen molar-refractivity contribution in [3.05, 3.63) is 35.9 Å². The van der Waals surface area contributed by atoms with Gasteiger partial charge in [0.15, 0.2) is 5.09 Å². The SMILES string of the molecule is CCC(CC)n1ccc(CSc2ccc(C(=O)O)o2)n1. The number of carboxylic acids is 1. The second-order valence-corrected chi connectivity index (χ2v) is 5.45. The van der Waals surface area contributed by atoms with E-state index in [9.17, 15) is 4.79 Å². The summed E-state index contributed by atoms with van der Waals surface area (Å²) in [6.45, 7) is 4.31. The van der Waals surface area contributed by atoms with E-state index in [1.807, 2.05) is 16.9 Å². The number of aromatic nitrogens is 2. The van der Waals surface area contributed by atoms with Gasteiger partial charge in [-0.3, -0.25) is 4.68 Å². The van der Waals surface area contributed by atoms with Crippen LogP contribution in [0.5, 0.6) is 0 Å². The standard InChI is InChI=1S/C14H18N2O3S/c1-3-11(4-2)16-8-7-10(15-16)9-20-13-6-5-12(19-13)14(17)18/h5-8,11H,3-4,9H2,1-2H3,(H,17,18). The van der Waals surface area contributed by atoms with Gasteiger partial charge in [0, 0.05) is 11.9 Å². The summed E-state index contributed by atoms with van der Waals surface area (Å²) in [7, 11) is 0. The number of thioether (sulfide) groups is 1. The van der Waals surface area contributed by atoms with Gasteiger partial charge in [0.1, 0.15) is 0 Å². The van der Waals surface area contributed by atoms with Crippen LogP contribution in [0.15, 0.2) is 33.9 Å². The Hall–Kier alpha value is -1.69. The van der Waals surface area contributed by atoms with Crippen LogP contribution in [-0.2, 0) is 5.75 Å². The molecule has 2 heterocycles. The van der Waals surface area contributed by atoms with Gasteiger partial charge in [-0.2, -0.15) is 5.10 Å². The van der Waals surface area contributed by atoms with Gasteiger partial charge in [-0.25, -0.2) is 4.79 Å². The van der Waals surface area contributed by atoms with Crippen molar-refractivity contribution in [3.63, 3.8) is 0 Å². The molecule has 1 N–H and O–H groups in total. The molecular weight excluding hydrogens is 276 g/mol. The number of rotatable bonds is 7. The van der Waals surface area contributed by atoms with E-state index in [1.54, 1.807) is 6.07 Å². The molecule has 0 aromatic carbocycles. The van der Waals surface area contributed by atoms with Gasteiger partial charge in [0.2, 0.25) is 5.76 Å². The monoisotopic (exact) mass is 294 g/mol. The Labute approximate surface area is 122 Å². The van der Waals surface area contributed by atoms with Crippen molar-refractivity contribution in [3.8, 4) is 0 Å². The van der Waals surface area contributed by atoms with E-state index in [1.165, 1.54) is 17.8 Å². The minimum absolute atomic E-state index is 0.0324. The predicted molar refractivity (Wildman–Crippen MR) is 77.1 cm³/mol. The first kappa shape index (κ1) is 14.7. The first-order valence-corrected chi connectivity index (χ1v) is 7.62. The molecule has 0 bridgehead atoms. The summed E-state index contributed by atoms with van der Waals surface area (Å²) >= 11 is 1.45. The Bertz CT molecular complexity index is 572. The zero-order valence-corrected chi connectivity index (χ0v) is 12.4. The van der Waals surface area contributed by atoms with E-state index in [2.05, 4.69) is 18.9 Å². The maximum Gasteiger partial charge on any atom is 0.371 e. The van der Waals surface area contributed by atoms with E-state index < -0.39 is 5.97 Å². The maximum absolute atomic E-state index is 10.7. The third kappa shape index (κ3) is 3.45. The number of furan rings is 1. The van der Waals surface area contributed by atoms with E-state index >= 15 is 0 Å². The molecule has 0 fully saturated rings. The van der Waals surface area contributed by atoms with Gasteiger partial charge < -0.3 is 9.52 Å². The molecule has 0 saturated carbocycles. The molecule has 0 saturated heterocycles. The van der Waals surface area contributed by atoms with Crippen LogP contribution < -0.4 is 0 Å². The van der Waals surface area contributed by atoms with Gasteiger partial charge >= 0.3 is 5.97 Å². The van der Waals surface area contributed by atoms with Crippen LogP contribution in [0.25, 0.3) is 0 Å². The summed E-state index contributed by atoms with van der Waals surface area (Å²) in [5, 5.41) is 13.9. The molecule has 0 aliphatic heterocycles. The third-order valence-corrected chi connectivity index (χ3v) is 4.08. The number of nitrogens with zero attached hydrogens (tertiary/aromatic N) is 2. The Morgan fingerprint density at radius 2 is 2.15 bits per heavy atom. The van der Waals surface area contributed by atoms with Crippen LogP contribution in [0.4, 0.5) is 0 Å². The van der Waals surface area contributed by atoms with Crippen LogP contribution in [-0.4, -0.2) is 20.9 Å². The number of aromatic carboxylic acids is 1. The molecule has 0 aliphatic carbocycles. The molecule has 6 heteroatoms. The Morgan fingerprint density at radius 3 is 2.75 bits per heavy atom. The highest BCUT2D eigenvalue weighted by Gasteiger charge is 2.11. The Balaban J connectivity index is 1.95. The molecule has 0 spiro atoms. The second kappa shape index (κ2) is 6.65. The zero-order chi connectivity index (χ0) is 14.5. The molecule has 108 valence electrons. The van der Waals surface area contributed by atoms with Crippen molar-refractivity contribution < 1.29 is 14.3 Å². The Morgan fingerprint density at radius 1 is 1.40 bits per heavy atom. The van der Waals surface area contributed by atoms with Gasteiger partial charge in [-0.05, 0) is 31.0 Å². The lowest BCUT2D eigenvalue weighted by Crippen LogP contribution is -2.07. The van der Waals surface area contributed by atoms with Crippen molar-refractivity contribution >= 4 is 17.7 Å². The lowest BCUT2D eigenvalue weighted by Gasteiger charge is -2.12. The van der Waals surface area contributed by atoms with Crippen LogP contribution in [0.2, 0.25) is 0 Å². The van der Waals surface area contributed by atoms with Gasteiger partial charge in [0.25, 0.3) is 0 Å². The van der Waals surface area contributed by atoms with Crippen molar-refractivity contribution in [1.29, 1.82) is 0 Å². The van der Waals surface area contributed by atoms with E-state index in [0.717, 1.165) is 18.5 Å². The molecule has 2 aromatic heterocycles. The van der Waals surface area contributed by atoms with E-state index in [0.29, 0.717) is 16.9 Å². The number of carbonyl (C=O) groups is 1. The first-order chi connectivity index (χ1) is 9.63. The van der Waals surface area contributed by atoms with Crippen molar-refractivity contribution in [1.82, 2.24) is 9.78 Å². The smallest absolute Gasteiger partial charge is 0.371 e. The molecule has 2 aromatic rings. The van der Waals surface area contributed by atoms with E-state index in [4.69, 9.17) is 9.52 Å². The quantitative estimate of drug-likeness (QED) is 0.786. The van der Waals surface area contributed by atoms with Crippen molar-refractivity contribution in [2.24, 2.45) is 0 Å². The average Bonchev–Trinajstić information content (AvgIpc) is 3.07. The summed E-state index contributed by atoms with van der Waals surface area (Å²) in [6, 6.07) is 5.57. The Kier molecular flexibility index (Phi) is 4.89. The molecule has 2 rings (SSSR count). The van der Waals surface area contributed by atoms with Gasteiger partial charge in [0.05, 0.1) is 11.7 Å². The molecule has 0 radical (unpaired) electrons. The van der Waals surface area contributed by atoms with Gasteiger partial charge in [-0.1, -0.05) is 25.6 Å². The van der Waals surface area contributed by atoms with Crippen molar-refractivity contribution in [2.45, 2.75) is 43.6 Å². The maximum atomic E-state index is 10.7. The minimum Gasteiger partial charge on any atom is -0.475 e. The summed E-state index contributed by atoms with van der Waals surface area (Å²) < 4.78 is 7.19. The highest BCUT2D eigenvalue weighted by molar-refractivity contribution is 7.98. The normalized spacial score (nSPS) is 11.2. The fourth-order valence-electron chi connectivity index (χ4n) is 1.98. The predicted octanol–water partition coefficient (Wildman–Crippen LogP) is 3.83. The summed E-state index contributed by atoms with van der Waals surface area (Å²) in [6.07, 6.45) is 4.12. The highest BCUT2D eigenvalue weighted by atomic mass is 32.2. The topological polar surface area (TPSA) is 68.3 Å². The van der Waals surface area contributed by atoms with E-state index in [-0.39, 0.29) is 5.76 Å². The number of hydrogen-bond donors (Lipinski definition) is 1. The largest absolute Gasteiger partial charge is 0.475 e. The fraction of sp³-hybridized carbons (Fsp3) is 0.429. The molecular formula is C14H18N2O3S. The third-order valence-electron chi connectivity index (χ3n) is 3.13. The zero-order valence-electron chi connectivity index (χ0n) is 11.6. The fourth-order valence-corrected chi connectivity index (χ4v) is 2.74. The van der Waals surface area contributed by atoms with Crippen molar-refractivity contribution in [2.75, 3.05) is 0 Å². The summed E-state index contributed by atoms with van der Waals surface area (Å²) in [4.78, 5) is 10.7. The molecule has 0 atom stereocenters. The number of hydrogen-bond acceptors (Lipinski definition) is 4. The number of carboxylic acid groups (broad SMARTS) is 1. The molecule has 0 aliphatic rings. The molecule has 0 unspecified atom stereocenters. The highest BCUT2D eigenvalue weighted by Crippen LogP contribution is 2.25. The van der Waals surface area contributed by atoms with Crippen LogP contribution in [0.3, 0.4) is 0 Å². The first-order valence-electron chi connectivity index (χ1n) is 6.64. The van der Waals surface area contributed by atoms with Crippen LogP contribution in [0, 0.1) is 0 Å². The molecule has 5 nitrogen and oxygen atoms in total. The minimum atomic E-state index is -1.05. The summed E-state index contributed by atoms with van der Waals surface area (Å²) in [5.41, 5.74) is 0.968. The van der Waals surface area contributed by atoms with Crippen LogP contribution in [0.1, 0.15) is 49.0 Å². The average molecular weight is 294 g/mol. The molecule has 0 amide bonds. The summed E-state index contributed by atoms with van der Waals surface area (Å²) in [5.74, 6) is -0.412. The second-order valence-electron chi connectivity index (χ2n) is 4.47. The van der Waals surface area contributed by atoms with Gasteiger partial charge in [-0.15, -0.1) is 0 Å².